The molecular weight excluding hydrogens is 268 g/mol. The smallest absolute Gasteiger partial charge is 0.280 e. The number of phenolic OH excluding ortho intramolecular Hbond substituents is 1. The van der Waals surface area contributed by atoms with E-state index in [0.717, 1.165) is 0 Å². The van der Waals surface area contributed by atoms with Crippen LogP contribution in [-0.2, 0) is 4.79 Å². The summed E-state index contributed by atoms with van der Waals surface area (Å²) in [4.78, 5) is 12.5. The van der Waals surface area contributed by atoms with Crippen molar-refractivity contribution in [3.8, 4) is 5.75 Å². The van der Waals surface area contributed by atoms with Crippen LogP contribution >= 0.6 is 24.0 Å². The summed E-state index contributed by atoms with van der Waals surface area (Å²) in [6.07, 6.45) is 1.64. The summed E-state index contributed by atoms with van der Waals surface area (Å²) in [5, 5.41) is 11.0. The number of thiocarbonyl (C=S) groups is 1. The number of nitrogens with one attached hydrogen (secondary N) is 1. The molecule has 1 aromatic carbocycles. The number of hydrogen-bond donors (Lipinski definition) is 2. The molecule has 1 aliphatic rings. The summed E-state index contributed by atoms with van der Waals surface area (Å²) in [5.41, 5.74) is 3.50. The maximum absolute atomic E-state index is 12.0. The van der Waals surface area contributed by atoms with Crippen LogP contribution in [0.3, 0.4) is 0 Å². The maximum atomic E-state index is 12.0. The quantitative estimate of drug-likeness (QED) is 0.656. The molecule has 0 atom stereocenters. The molecule has 0 aliphatic carbocycles. The second-order valence-electron chi connectivity index (χ2n) is 3.59. The highest BCUT2D eigenvalue weighted by Crippen LogP contribution is 2.32. The van der Waals surface area contributed by atoms with E-state index in [9.17, 15) is 9.90 Å². The van der Waals surface area contributed by atoms with Gasteiger partial charge in [-0.05, 0) is 12.1 Å². The van der Waals surface area contributed by atoms with Gasteiger partial charge < -0.3 is 5.11 Å². The molecule has 2 N–H and O–H groups in total. The van der Waals surface area contributed by atoms with Crippen molar-refractivity contribution in [1.29, 1.82) is 0 Å². The average molecular weight is 280 g/mol. The Morgan fingerprint density at radius 2 is 2.22 bits per heavy atom. The van der Waals surface area contributed by atoms with Gasteiger partial charge in [0.05, 0.1) is 4.91 Å². The van der Waals surface area contributed by atoms with E-state index in [1.807, 2.05) is 6.92 Å². The molecule has 1 aromatic rings. The number of aromatic hydroxyl groups is 1. The van der Waals surface area contributed by atoms with Gasteiger partial charge in [-0.25, -0.2) is 10.4 Å². The van der Waals surface area contributed by atoms with Gasteiger partial charge in [-0.15, -0.1) is 0 Å². The fourth-order valence-electron chi connectivity index (χ4n) is 1.51. The molecule has 0 bridgehead atoms. The number of phenols is 1. The normalized spacial score (nSPS) is 17.8. The zero-order valence-corrected chi connectivity index (χ0v) is 11.3. The van der Waals surface area contributed by atoms with Crippen LogP contribution in [0.15, 0.2) is 29.2 Å². The standard InChI is InChI=1S/C12H12N2O2S2/c1-2-13-14-11(16)10(18-12(14)17)7-8-5-3-4-6-9(8)15/h3-7,13,15H,2H2,1H3/b10-7+. The lowest BCUT2D eigenvalue weighted by Crippen LogP contribution is -2.40. The van der Waals surface area contributed by atoms with Crippen molar-refractivity contribution in [2.75, 3.05) is 6.54 Å². The fourth-order valence-corrected chi connectivity index (χ4v) is 2.72. The topological polar surface area (TPSA) is 52.6 Å². The fraction of sp³-hybridized carbons (Fsp3) is 0.167. The van der Waals surface area contributed by atoms with Gasteiger partial charge in [-0.2, -0.15) is 0 Å². The van der Waals surface area contributed by atoms with Crippen molar-refractivity contribution >= 4 is 40.3 Å². The number of thioether (sulfide) groups is 1. The lowest BCUT2D eigenvalue weighted by Gasteiger charge is -2.13. The van der Waals surface area contributed by atoms with Gasteiger partial charge >= 0.3 is 0 Å². The van der Waals surface area contributed by atoms with Crippen LogP contribution in [0, 0.1) is 0 Å². The van der Waals surface area contributed by atoms with Crippen LogP contribution in [0.2, 0.25) is 0 Å². The molecule has 94 valence electrons. The number of rotatable bonds is 3. The lowest BCUT2D eigenvalue weighted by molar-refractivity contribution is -0.124. The van der Waals surface area contributed by atoms with Gasteiger partial charge in [0.1, 0.15) is 5.75 Å². The average Bonchev–Trinajstić information content (AvgIpc) is 2.60. The largest absolute Gasteiger partial charge is 0.507 e. The van der Waals surface area contributed by atoms with Crippen LogP contribution in [0.4, 0.5) is 0 Å². The van der Waals surface area contributed by atoms with E-state index in [1.54, 1.807) is 30.3 Å². The van der Waals surface area contributed by atoms with E-state index >= 15 is 0 Å². The Labute approximate surface area is 115 Å². The van der Waals surface area contributed by atoms with Crippen molar-refractivity contribution < 1.29 is 9.90 Å². The molecule has 0 radical (unpaired) electrons. The number of carbonyl (C=O) groups excluding carboxylic acids is 1. The van der Waals surface area contributed by atoms with Gasteiger partial charge in [-0.1, -0.05) is 49.1 Å². The first-order chi connectivity index (χ1) is 8.63. The summed E-state index contributed by atoms with van der Waals surface area (Å²) in [7, 11) is 0. The number of benzene rings is 1. The predicted octanol–water partition coefficient (Wildman–Crippen LogP) is 2.12. The molecule has 1 amide bonds. The number of hydrazine groups is 1. The lowest BCUT2D eigenvalue weighted by atomic mass is 10.2. The van der Waals surface area contributed by atoms with Gasteiger partial charge in [0.2, 0.25) is 0 Å². The Kier molecular flexibility index (Phi) is 4.00. The molecule has 0 saturated carbocycles. The van der Waals surface area contributed by atoms with Crippen LogP contribution in [0.5, 0.6) is 5.75 Å². The number of amides is 1. The van der Waals surface area contributed by atoms with E-state index in [-0.39, 0.29) is 11.7 Å². The summed E-state index contributed by atoms with van der Waals surface area (Å²) >= 11 is 6.33. The second-order valence-corrected chi connectivity index (χ2v) is 5.26. The van der Waals surface area contributed by atoms with Crippen molar-refractivity contribution in [1.82, 2.24) is 10.4 Å². The number of hydrogen-bond acceptors (Lipinski definition) is 5. The van der Waals surface area contributed by atoms with E-state index in [0.29, 0.717) is 21.3 Å². The molecule has 0 unspecified atom stereocenters. The van der Waals surface area contributed by atoms with Gasteiger partial charge in [0, 0.05) is 12.1 Å². The number of nitrogens with zero attached hydrogens (tertiary/aromatic N) is 1. The Morgan fingerprint density at radius 3 is 2.89 bits per heavy atom. The Bertz CT molecular complexity index is 529. The third-order valence-corrected chi connectivity index (χ3v) is 3.64. The van der Waals surface area contributed by atoms with Gasteiger partial charge in [0.15, 0.2) is 4.32 Å². The predicted molar refractivity (Wildman–Crippen MR) is 76.8 cm³/mol. The minimum atomic E-state index is -0.185. The number of para-hydroxylation sites is 1. The molecule has 4 nitrogen and oxygen atoms in total. The molecule has 1 fully saturated rings. The summed E-state index contributed by atoms with van der Waals surface area (Å²) in [5.74, 6) is -0.0404. The molecule has 2 rings (SSSR count). The van der Waals surface area contributed by atoms with Crippen molar-refractivity contribution in [3.05, 3.63) is 34.7 Å². The van der Waals surface area contributed by atoms with Crippen LogP contribution in [-0.4, -0.2) is 26.9 Å². The van der Waals surface area contributed by atoms with Crippen molar-refractivity contribution in [2.24, 2.45) is 0 Å². The summed E-state index contributed by atoms with van der Waals surface area (Å²) in [6.45, 7) is 2.52. The van der Waals surface area contributed by atoms with Gasteiger partial charge in [0.25, 0.3) is 5.91 Å². The van der Waals surface area contributed by atoms with Crippen LogP contribution in [0.25, 0.3) is 6.08 Å². The second kappa shape index (κ2) is 5.51. The Hall–Kier alpha value is -1.37. The molecule has 18 heavy (non-hydrogen) atoms. The third-order valence-electron chi connectivity index (χ3n) is 2.33. The van der Waals surface area contributed by atoms with E-state index in [4.69, 9.17) is 12.2 Å². The molecular formula is C12H12N2O2S2. The van der Waals surface area contributed by atoms with Gasteiger partial charge in [-0.3, -0.25) is 4.79 Å². The Balaban J connectivity index is 2.28. The molecule has 0 spiro atoms. The van der Waals surface area contributed by atoms with E-state index in [1.165, 1.54) is 16.8 Å². The van der Waals surface area contributed by atoms with Crippen LogP contribution < -0.4 is 5.43 Å². The Morgan fingerprint density at radius 1 is 1.50 bits per heavy atom. The monoisotopic (exact) mass is 280 g/mol. The molecule has 1 heterocycles. The van der Waals surface area contributed by atoms with E-state index < -0.39 is 0 Å². The SMILES string of the molecule is CCNN1C(=O)/C(=C\c2ccccc2O)SC1=S. The van der Waals surface area contributed by atoms with Crippen molar-refractivity contribution in [2.45, 2.75) is 6.92 Å². The highest BCUT2D eigenvalue weighted by atomic mass is 32.2. The molecule has 0 aromatic heterocycles. The molecule has 6 heteroatoms. The minimum Gasteiger partial charge on any atom is -0.507 e. The highest BCUT2D eigenvalue weighted by molar-refractivity contribution is 8.26. The minimum absolute atomic E-state index is 0.145. The zero-order chi connectivity index (χ0) is 13.1. The summed E-state index contributed by atoms with van der Waals surface area (Å²) in [6, 6.07) is 6.86. The molecule has 1 aliphatic heterocycles. The number of carbonyl (C=O) groups is 1. The highest BCUT2D eigenvalue weighted by Gasteiger charge is 2.31. The van der Waals surface area contributed by atoms with Crippen LogP contribution in [0.1, 0.15) is 12.5 Å². The first-order valence-corrected chi connectivity index (χ1v) is 6.65. The zero-order valence-electron chi connectivity index (χ0n) is 9.71. The maximum Gasteiger partial charge on any atom is 0.280 e. The summed E-state index contributed by atoms with van der Waals surface area (Å²) < 4.78 is 0.475. The first kappa shape index (κ1) is 13.1. The van der Waals surface area contributed by atoms with E-state index in [2.05, 4.69) is 5.43 Å². The first-order valence-electron chi connectivity index (χ1n) is 5.43. The van der Waals surface area contributed by atoms with Crippen molar-refractivity contribution in [3.63, 3.8) is 0 Å². The molecule has 1 saturated heterocycles. The third kappa shape index (κ3) is 2.55.